The van der Waals surface area contributed by atoms with E-state index in [1.54, 1.807) is 0 Å². The summed E-state index contributed by atoms with van der Waals surface area (Å²) >= 11 is 1.86. The number of thioether (sulfide) groups is 1. The first-order valence-electron chi connectivity index (χ1n) is 4.97. The van der Waals surface area contributed by atoms with Crippen molar-refractivity contribution < 1.29 is 0 Å². The third kappa shape index (κ3) is 4.83. The Hall–Kier alpha value is -1.03. The highest BCUT2D eigenvalue weighted by Crippen LogP contribution is 2.06. The number of rotatable bonds is 6. The van der Waals surface area contributed by atoms with Crippen molar-refractivity contribution in [2.24, 2.45) is 0 Å². The van der Waals surface area contributed by atoms with Crippen molar-refractivity contribution in [3.8, 4) is 0 Å². The SMILES string of the molecule is C=CCSCCNc1cc(C)nc(C)n1. The first kappa shape index (κ1) is 12.0. The number of hydrogen-bond donors (Lipinski definition) is 1. The highest BCUT2D eigenvalue weighted by Gasteiger charge is 1.97. The standard InChI is InChI=1S/C11H17N3S/c1-4-6-15-7-5-12-11-8-9(2)13-10(3)14-11/h4,8H,1,5-7H2,2-3H3,(H,12,13,14). The summed E-state index contributed by atoms with van der Waals surface area (Å²) in [6.07, 6.45) is 1.92. The second-order valence-corrected chi connectivity index (χ2v) is 4.38. The average Bonchev–Trinajstić information content (AvgIpc) is 2.16. The molecule has 0 fully saturated rings. The smallest absolute Gasteiger partial charge is 0.129 e. The Labute approximate surface area is 95.4 Å². The highest BCUT2D eigenvalue weighted by molar-refractivity contribution is 7.99. The maximum atomic E-state index is 4.30. The van der Waals surface area contributed by atoms with Crippen molar-refractivity contribution in [3.63, 3.8) is 0 Å². The van der Waals surface area contributed by atoms with Crippen LogP contribution in [0.4, 0.5) is 5.82 Å². The van der Waals surface area contributed by atoms with E-state index < -0.39 is 0 Å². The molecule has 1 aromatic rings. The molecule has 1 aromatic heterocycles. The van der Waals surface area contributed by atoms with Gasteiger partial charge in [-0.05, 0) is 13.8 Å². The summed E-state index contributed by atoms with van der Waals surface area (Å²) in [5, 5.41) is 3.28. The lowest BCUT2D eigenvalue weighted by Crippen LogP contribution is -2.07. The van der Waals surface area contributed by atoms with Gasteiger partial charge >= 0.3 is 0 Å². The fourth-order valence-electron chi connectivity index (χ4n) is 1.23. The van der Waals surface area contributed by atoms with E-state index in [9.17, 15) is 0 Å². The summed E-state index contributed by atoms with van der Waals surface area (Å²) in [6, 6.07) is 1.96. The minimum absolute atomic E-state index is 0.816. The molecule has 82 valence electrons. The molecule has 0 unspecified atom stereocenters. The molecule has 15 heavy (non-hydrogen) atoms. The molecule has 0 radical (unpaired) electrons. The number of anilines is 1. The zero-order valence-electron chi connectivity index (χ0n) is 9.29. The fraction of sp³-hybridized carbons (Fsp3) is 0.455. The van der Waals surface area contributed by atoms with Crippen molar-refractivity contribution in [2.75, 3.05) is 23.4 Å². The van der Waals surface area contributed by atoms with Crippen LogP contribution >= 0.6 is 11.8 Å². The maximum Gasteiger partial charge on any atom is 0.129 e. The van der Waals surface area contributed by atoms with Gasteiger partial charge in [-0.3, -0.25) is 0 Å². The van der Waals surface area contributed by atoms with E-state index in [0.29, 0.717) is 0 Å². The molecule has 3 nitrogen and oxygen atoms in total. The number of aryl methyl sites for hydroxylation is 2. The predicted molar refractivity (Wildman–Crippen MR) is 67.5 cm³/mol. The molecule has 4 heteroatoms. The van der Waals surface area contributed by atoms with Crippen LogP contribution in [0.5, 0.6) is 0 Å². The number of nitrogens with zero attached hydrogens (tertiary/aromatic N) is 2. The van der Waals surface area contributed by atoms with E-state index in [-0.39, 0.29) is 0 Å². The summed E-state index contributed by atoms with van der Waals surface area (Å²) in [5.74, 6) is 3.80. The predicted octanol–water partition coefficient (Wildman–Crippen LogP) is 2.42. The van der Waals surface area contributed by atoms with Gasteiger partial charge in [0.2, 0.25) is 0 Å². The van der Waals surface area contributed by atoms with Crippen LogP contribution in [0, 0.1) is 13.8 Å². The molecule has 0 spiro atoms. The van der Waals surface area contributed by atoms with Crippen LogP contribution in [0.2, 0.25) is 0 Å². The Morgan fingerprint density at radius 3 is 2.93 bits per heavy atom. The maximum absolute atomic E-state index is 4.30. The highest BCUT2D eigenvalue weighted by atomic mass is 32.2. The van der Waals surface area contributed by atoms with Gasteiger partial charge in [0.05, 0.1) is 0 Å². The van der Waals surface area contributed by atoms with Gasteiger partial charge in [0.15, 0.2) is 0 Å². The molecule has 1 heterocycles. The summed E-state index contributed by atoms with van der Waals surface area (Å²) in [5.41, 5.74) is 1.00. The van der Waals surface area contributed by atoms with Crippen molar-refractivity contribution in [1.82, 2.24) is 9.97 Å². The van der Waals surface area contributed by atoms with Gasteiger partial charge in [-0.15, -0.1) is 6.58 Å². The molecule has 0 saturated heterocycles. The second-order valence-electron chi connectivity index (χ2n) is 3.23. The molecule has 0 amide bonds. The quantitative estimate of drug-likeness (QED) is 0.594. The average molecular weight is 223 g/mol. The Balaban J connectivity index is 2.33. The largest absolute Gasteiger partial charge is 0.369 e. The van der Waals surface area contributed by atoms with Gasteiger partial charge in [-0.1, -0.05) is 6.08 Å². The monoisotopic (exact) mass is 223 g/mol. The molecular weight excluding hydrogens is 206 g/mol. The summed E-state index contributed by atoms with van der Waals surface area (Å²) in [7, 11) is 0. The number of nitrogens with one attached hydrogen (secondary N) is 1. The molecular formula is C11H17N3S. The van der Waals surface area contributed by atoms with Crippen LogP contribution in [-0.2, 0) is 0 Å². The molecule has 0 bridgehead atoms. The molecule has 0 atom stereocenters. The lowest BCUT2D eigenvalue weighted by Gasteiger charge is -2.06. The first-order chi connectivity index (χ1) is 7.22. The molecule has 0 aromatic carbocycles. The Bertz CT molecular complexity index is 305. The molecule has 0 aliphatic carbocycles. The minimum atomic E-state index is 0.816. The normalized spacial score (nSPS) is 10.0. The molecule has 1 rings (SSSR count). The van der Waals surface area contributed by atoms with E-state index in [4.69, 9.17) is 0 Å². The van der Waals surface area contributed by atoms with Crippen LogP contribution < -0.4 is 5.32 Å². The zero-order valence-corrected chi connectivity index (χ0v) is 10.1. The fourth-order valence-corrected chi connectivity index (χ4v) is 1.81. The Kier molecular flexibility index (Phi) is 5.18. The number of aromatic nitrogens is 2. The minimum Gasteiger partial charge on any atom is -0.369 e. The Morgan fingerprint density at radius 2 is 2.27 bits per heavy atom. The van der Waals surface area contributed by atoms with Crippen molar-refractivity contribution in [3.05, 3.63) is 30.2 Å². The van der Waals surface area contributed by atoms with E-state index in [1.165, 1.54) is 0 Å². The van der Waals surface area contributed by atoms with Gasteiger partial charge < -0.3 is 5.32 Å². The van der Waals surface area contributed by atoms with E-state index in [1.807, 2.05) is 37.8 Å². The lowest BCUT2D eigenvalue weighted by molar-refractivity contribution is 1.00. The van der Waals surface area contributed by atoms with Crippen LogP contribution in [0.1, 0.15) is 11.5 Å². The van der Waals surface area contributed by atoms with E-state index >= 15 is 0 Å². The van der Waals surface area contributed by atoms with Gasteiger partial charge in [0, 0.05) is 29.8 Å². The van der Waals surface area contributed by atoms with Gasteiger partial charge in [0.1, 0.15) is 11.6 Å². The zero-order chi connectivity index (χ0) is 11.1. The Morgan fingerprint density at radius 1 is 1.47 bits per heavy atom. The topological polar surface area (TPSA) is 37.8 Å². The van der Waals surface area contributed by atoms with E-state index in [0.717, 1.165) is 35.4 Å². The molecule has 0 aliphatic rings. The van der Waals surface area contributed by atoms with Crippen molar-refractivity contribution >= 4 is 17.6 Å². The third-order valence-corrected chi connectivity index (χ3v) is 2.72. The van der Waals surface area contributed by atoms with Crippen LogP contribution in [0.3, 0.4) is 0 Å². The molecule has 0 aliphatic heterocycles. The first-order valence-corrected chi connectivity index (χ1v) is 6.12. The third-order valence-electron chi connectivity index (χ3n) is 1.75. The lowest BCUT2D eigenvalue weighted by atomic mass is 10.4. The van der Waals surface area contributed by atoms with Crippen LogP contribution in [-0.4, -0.2) is 28.0 Å². The van der Waals surface area contributed by atoms with Crippen molar-refractivity contribution in [2.45, 2.75) is 13.8 Å². The van der Waals surface area contributed by atoms with Crippen LogP contribution in [0.15, 0.2) is 18.7 Å². The van der Waals surface area contributed by atoms with Crippen molar-refractivity contribution in [1.29, 1.82) is 0 Å². The molecule has 1 N–H and O–H groups in total. The van der Waals surface area contributed by atoms with E-state index in [2.05, 4.69) is 21.9 Å². The summed E-state index contributed by atoms with van der Waals surface area (Å²) in [4.78, 5) is 8.52. The van der Waals surface area contributed by atoms with Gasteiger partial charge in [-0.25, -0.2) is 9.97 Å². The summed E-state index contributed by atoms with van der Waals surface area (Å²) in [6.45, 7) is 8.49. The molecule has 0 saturated carbocycles. The van der Waals surface area contributed by atoms with Gasteiger partial charge in [-0.2, -0.15) is 11.8 Å². The summed E-state index contributed by atoms with van der Waals surface area (Å²) < 4.78 is 0. The van der Waals surface area contributed by atoms with Crippen LogP contribution in [0.25, 0.3) is 0 Å². The number of hydrogen-bond acceptors (Lipinski definition) is 4. The second kappa shape index (κ2) is 6.45. The van der Waals surface area contributed by atoms with Gasteiger partial charge in [0.25, 0.3) is 0 Å².